The Morgan fingerprint density at radius 1 is 1.29 bits per heavy atom. The Hall–Kier alpha value is -1.65. The summed E-state index contributed by atoms with van der Waals surface area (Å²) in [6.45, 7) is 6.83. The minimum Gasteiger partial charge on any atom is -0.369 e. The second-order valence-corrected chi connectivity index (χ2v) is 3.81. The SMILES string of the molecule is CCNc1cncc(C(=O)NC(CC)CC)n1. The Labute approximate surface area is 102 Å². The van der Waals surface area contributed by atoms with Crippen LogP contribution in [-0.4, -0.2) is 28.5 Å². The molecule has 0 fully saturated rings. The van der Waals surface area contributed by atoms with Gasteiger partial charge in [-0.2, -0.15) is 0 Å². The number of hydrogen-bond donors (Lipinski definition) is 2. The fourth-order valence-electron chi connectivity index (χ4n) is 1.49. The topological polar surface area (TPSA) is 66.9 Å². The molecule has 0 aliphatic rings. The summed E-state index contributed by atoms with van der Waals surface area (Å²) in [4.78, 5) is 20.1. The van der Waals surface area contributed by atoms with Gasteiger partial charge in [0.2, 0.25) is 0 Å². The molecule has 5 heteroatoms. The van der Waals surface area contributed by atoms with E-state index >= 15 is 0 Å². The molecule has 0 aliphatic carbocycles. The summed E-state index contributed by atoms with van der Waals surface area (Å²) < 4.78 is 0. The van der Waals surface area contributed by atoms with Gasteiger partial charge in [-0.05, 0) is 19.8 Å². The number of rotatable bonds is 6. The summed E-state index contributed by atoms with van der Waals surface area (Å²) in [5.74, 6) is 0.468. The van der Waals surface area contributed by atoms with Gasteiger partial charge in [0.1, 0.15) is 11.5 Å². The molecular weight excluding hydrogens is 216 g/mol. The van der Waals surface area contributed by atoms with E-state index in [9.17, 15) is 4.79 Å². The van der Waals surface area contributed by atoms with Crippen LogP contribution in [0.1, 0.15) is 44.1 Å². The third-order valence-electron chi connectivity index (χ3n) is 2.55. The zero-order chi connectivity index (χ0) is 12.7. The standard InChI is InChI=1S/C12H20N4O/c1-4-9(5-2)15-12(17)10-7-13-8-11(16-10)14-6-3/h7-9H,4-6H2,1-3H3,(H,14,16)(H,15,17). The van der Waals surface area contributed by atoms with Crippen LogP contribution < -0.4 is 10.6 Å². The van der Waals surface area contributed by atoms with Crippen molar-refractivity contribution in [2.45, 2.75) is 39.7 Å². The molecule has 0 aromatic carbocycles. The lowest BCUT2D eigenvalue weighted by molar-refractivity contribution is 0.0929. The fourth-order valence-corrected chi connectivity index (χ4v) is 1.49. The van der Waals surface area contributed by atoms with Crippen LogP contribution in [0.2, 0.25) is 0 Å². The molecule has 17 heavy (non-hydrogen) atoms. The van der Waals surface area contributed by atoms with Crippen molar-refractivity contribution in [2.24, 2.45) is 0 Å². The largest absolute Gasteiger partial charge is 0.369 e. The van der Waals surface area contributed by atoms with E-state index in [1.807, 2.05) is 6.92 Å². The molecule has 1 rings (SSSR count). The molecule has 1 heterocycles. The van der Waals surface area contributed by atoms with Gasteiger partial charge in [-0.15, -0.1) is 0 Å². The second kappa shape index (κ2) is 6.83. The summed E-state index contributed by atoms with van der Waals surface area (Å²) in [6.07, 6.45) is 4.93. The number of nitrogens with zero attached hydrogens (tertiary/aromatic N) is 2. The second-order valence-electron chi connectivity index (χ2n) is 3.81. The number of amides is 1. The van der Waals surface area contributed by atoms with Crippen molar-refractivity contribution in [3.63, 3.8) is 0 Å². The summed E-state index contributed by atoms with van der Waals surface area (Å²) >= 11 is 0. The molecule has 1 amide bonds. The summed E-state index contributed by atoms with van der Waals surface area (Å²) in [7, 11) is 0. The maximum Gasteiger partial charge on any atom is 0.271 e. The molecule has 0 saturated heterocycles. The van der Waals surface area contributed by atoms with Crippen LogP contribution in [0.15, 0.2) is 12.4 Å². The first-order valence-corrected chi connectivity index (χ1v) is 6.08. The van der Waals surface area contributed by atoms with E-state index in [0.717, 1.165) is 19.4 Å². The van der Waals surface area contributed by atoms with E-state index in [0.29, 0.717) is 11.5 Å². The highest BCUT2D eigenvalue weighted by Crippen LogP contribution is 2.03. The summed E-state index contributed by atoms with van der Waals surface area (Å²) in [6, 6.07) is 0.201. The molecule has 0 aliphatic heterocycles. The van der Waals surface area contributed by atoms with Crippen molar-refractivity contribution in [3.05, 3.63) is 18.1 Å². The van der Waals surface area contributed by atoms with E-state index < -0.39 is 0 Å². The fraction of sp³-hybridized carbons (Fsp3) is 0.583. The van der Waals surface area contributed by atoms with E-state index in [4.69, 9.17) is 0 Å². The zero-order valence-corrected chi connectivity index (χ0v) is 10.7. The molecule has 0 unspecified atom stereocenters. The van der Waals surface area contributed by atoms with Crippen LogP contribution in [0.25, 0.3) is 0 Å². The van der Waals surface area contributed by atoms with Gasteiger partial charge in [0.15, 0.2) is 0 Å². The molecule has 0 saturated carbocycles. The predicted molar refractivity (Wildman–Crippen MR) is 68.0 cm³/mol. The molecule has 2 N–H and O–H groups in total. The third kappa shape index (κ3) is 4.01. The number of carbonyl (C=O) groups is 1. The number of hydrogen-bond acceptors (Lipinski definition) is 4. The summed E-state index contributed by atoms with van der Waals surface area (Å²) in [5.41, 5.74) is 0.357. The van der Waals surface area contributed by atoms with Crippen molar-refractivity contribution in [3.8, 4) is 0 Å². The van der Waals surface area contributed by atoms with Crippen LogP contribution in [0, 0.1) is 0 Å². The van der Waals surface area contributed by atoms with Crippen LogP contribution in [0.3, 0.4) is 0 Å². The molecule has 1 aromatic heterocycles. The molecule has 5 nitrogen and oxygen atoms in total. The van der Waals surface area contributed by atoms with Gasteiger partial charge in [-0.3, -0.25) is 9.78 Å². The van der Waals surface area contributed by atoms with E-state index in [2.05, 4.69) is 34.4 Å². The molecule has 0 radical (unpaired) electrons. The average molecular weight is 236 g/mol. The molecular formula is C12H20N4O. The van der Waals surface area contributed by atoms with E-state index in [1.54, 1.807) is 6.20 Å². The highest BCUT2D eigenvalue weighted by atomic mass is 16.1. The van der Waals surface area contributed by atoms with Crippen molar-refractivity contribution < 1.29 is 4.79 Å². The normalized spacial score (nSPS) is 10.4. The lowest BCUT2D eigenvalue weighted by Crippen LogP contribution is -2.34. The van der Waals surface area contributed by atoms with Crippen molar-refractivity contribution >= 4 is 11.7 Å². The molecule has 0 atom stereocenters. The molecule has 94 valence electrons. The summed E-state index contributed by atoms with van der Waals surface area (Å²) in [5, 5.41) is 5.96. The number of carbonyl (C=O) groups excluding carboxylic acids is 1. The molecule has 0 spiro atoms. The van der Waals surface area contributed by atoms with Crippen LogP contribution in [0.5, 0.6) is 0 Å². The lowest BCUT2D eigenvalue weighted by Gasteiger charge is -2.14. The quantitative estimate of drug-likeness (QED) is 0.790. The smallest absolute Gasteiger partial charge is 0.271 e. The zero-order valence-electron chi connectivity index (χ0n) is 10.7. The minimum atomic E-state index is -0.161. The van der Waals surface area contributed by atoms with E-state index in [1.165, 1.54) is 6.20 Å². The number of nitrogens with one attached hydrogen (secondary N) is 2. The van der Waals surface area contributed by atoms with E-state index in [-0.39, 0.29) is 11.9 Å². The highest BCUT2D eigenvalue weighted by molar-refractivity contribution is 5.92. The van der Waals surface area contributed by atoms with Crippen molar-refractivity contribution in [2.75, 3.05) is 11.9 Å². The molecule has 1 aromatic rings. The first-order valence-electron chi connectivity index (χ1n) is 6.08. The Bertz CT molecular complexity index is 363. The van der Waals surface area contributed by atoms with Crippen molar-refractivity contribution in [1.82, 2.24) is 15.3 Å². The Morgan fingerprint density at radius 2 is 2.00 bits per heavy atom. The van der Waals surface area contributed by atoms with Gasteiger partial charge >= 0.3 is 0 Å². The van der Waals surface area contributed by atoms with Crippen molar-refractivity contribution in [1.29, 1.82) is 0 Å². The first kappa shape index (κ1) is 13.4. The highest BCUT2D eigenvalue weighted by Gasteiger charge is 2.12. The molecule has 0 bridgehead atoms. The van der Waals surface area contributed by atoms with Crippen LogP contribution >= 0.6 is 0 Å². The monoisotopic (exact) mass is 236 g/mol. The van der Waals surface area contributed by atoms with Gasteiger partial charge in [0, 0.05) is 12.6 Å². The maximum atomic E-state index is 11.9. The minimum absolute atomic E-state index is 0.161. The van der Waals surface area contributed by atoms with Gasteiger partial charge < -0.3 is 10.6 Å². The Morgan fingerprint density at radius 3 is 2.59 bits per heavy atom. The lowest BCUT2D eigenvalue weighted by atomic mass is 10.1. The predicted octanol–water partition coefficient (Wildman–Crippen LogP) is 1.83. The van der Waals surface area contributed by atoms with Crippen LogP contribution in [-0.2, 0) is 0 Å². The maximum absolute atomic E-state index is 11.9. The van der Waals surface area contributed by atoms with Gasteiger partial charge in [-0.1, -0.05) is 13.8 Å². The van der Waals surface area contributed by atoms with Crippen LogP contribution in [0.4, 0.5) is 5.82 Å². The Balaban J connectivity index is 2.71. The van der Waals surface area contributed by atoms with Gasteiger partial charge in [0.25, 0.3) is 5.91 Å². The number of anilines is 1. The Kier molecular flexibility index (Phi) is 5.39. The van der Waals surface area contributed by atoms with Gasteiger partial charge in [0.05, 0.1) is 12.4 Å². The average Bonchev–Trinajstić information content (AvgIpc) is 2.36. The first-order chi connectivity index (χ1) is 8.21. The van der Waals surface area contributed by atoms with Gasteiger partial charge in [-0.25, -0.2) is 4.98 Å². The number of aromatic nitrogens is 2. The third-order valence-corrected chi connectivity index (χ3v) is 2.55.